The van der Waals surface area contributed by atoms with Gasteiger partial charge in [-0.1, -0.05) is 24.1 Å². The van der Waals surface area contributed by atoms with Crippen molar-refractivity contribution in [1.29, 1.82) is 0 Å². The Labute approximate surface area is 95.7 Å². The van der Waals surface area contributed by atoms with Gasteiger partial charge in [0, 0.05) is 24.3 Å². The van der Waals surface area contributed by atoms with Gasteiger partial charge in [0.1, 0.15) is 0 Å². The zero-order valence-electron chi connectivity index (χ0n) is 9.33. The third-order valence-corrected chi connectivity index (χ3v) is 2.48. The Morgan fingerprint density at radius 2 is 2.25 bits per heavy atom. The largest absolute Gasteiger partial charge is 0.302 e. The molecule has 2 aromatic rings. The molecule has 80 valence electrons. The van der Waals surface area contributed by atoms with Crippen LogP contribution in [0.3, 0.4) is 0 Å². The highest BCUT2D eigenvalue weighted by Gasteiger charge is 1.98. The topological polar surface area (TPSA) is 24.9 Å². The van der Waals surface area contributed by atoms with Gasteiger partial charge in [-0.2, -0.15) is 0 Å². The van der Waals surface area contributed by atoms with Crippen LogP contribution in [0.4, 0.5) is 0 Å². The molecule has 16 heavy (non-hydrogen) atoms. The van der Waals surface area contributed by atoms with Crippen molar-refractivity contribution < 1.29 is 0 Å². The van der Waals surface area contributed by atoms with E-state index < -0.39 is 0 Å². The summed E-state index contributed by atoms with van der Waals surface area (Å²) in [6.07, 6.45) is 3.72. The number of benzene rings is 1. The second kappa shape index (κ2) is 5.29. The lowest BCUT2D eigenvalue weighted by Crippen LogP contribution is -2.13. The number of nitrogens with one attached hydrogen (secondary N) is 1. The molecule has 1 N–H and O–H groups in total. The predicted molar refractivity (Wildman–Crippen MR) is 66.9 cm³/mol. The lowest BCUT2D eigenvalue weighted by molar-refractivity contribution is 0.774. The van der Waals surface area contributed by atoms with Crippen LogP contribution in [0.15, 0.2) is 36.7 Å². The van der Waals surface area contributed by atoms with Crippen LogP contribution in [0.2, 0.25) is 0 Å². The summed E-state index contributed by atoms with van der Waals surface area (Å²) in [6, 6.07) is 8.33. The fourth-order valence-corrected chi connectivity index (χ4v) is 1.69. The molecule has 0 amide bonds. The number of pyridine rings is 1. The third kappa shape index (κ3) is 2.39. The molecule has 2 heteroatoms. The third-order valence-electron chi connectivity index (χ3n) is 2.48. The van der Waals surface area contributed by atoms with Crippen LogP contribution in [0, 0.1) is 11.8 Å². The SMILES string of the molecule is CC#CCNCc1cccc2cnccc12. The van der Waals surface area contributed by atoms with Crippen molar-refractivity contribution in [2.45, 2.75) is 13.5 Å². The normalized spacial score (nSPS) is 9.81. The Morgan fingerprint density at radius 1 is 1.31 bits per heavy atom. The van der Waals surface area contributed by atoms with E-state index in [-0.39, 0.29) is 0 Å². The van der Waals surface area contributed by atoms with E-state index in [1.807, 2.05) is 19.3 Å². The highest BCUT2D eigenvalue weighted by Crippen LogP contribution is 2.16. The maximum absolute atomic E-state index is 4.12. The molecule has 0 spiro atoms. The molecule has 1 heterocycles. The van der Waals surface area contributed by atoms with Crippen LogP contribution in [-0.2, 0) is 6.54 Å². The molecule has 0 aliphatic carbocycles. The summed E-state index contributed by atoms with van der Waals surface area (Å²) >= 11 is 0. The van der Waals surface area contributed by atoms with Crippen LogP contribution in [0.25, 0.3) is 10.8 Å². The number of hydrogen-bond acceptors (Lipinski definition) is 2. The molecule has 2 rings (SSSR count). The van der Waals surface area contributed by atoms with E-state index >= 15 is 0 Å². The molecule has 0 saturated heterocycles. The molecule has 1 aromatic carbocycles. The fraction of sp³-hybridized carbons (Fsp3) is 0.214. The van der Waals surface area contributed by atoms with Crippen molar-refractivity contribution in [3.05, 3.63) is 42.2 Å². The molecule has 0 radical (unpaired) electrons. The van der Waals surface area contributed by atoms with Crippen molar-refractivity contribution in [1.82, 2.24) is 10.3 Å². The number of fused-ring (bicyclic) bond motifs is 1. The van der Waals surface area contributed by atoms with Gasteiger partial charge in [0.05, 0.1) is 6.54 Å². The first-order chi connectivity index (χ1) is 7.92. The highest BCUT2D eigenvalue weighted by molar-refractivity contribution is 5.84. The Balaban J connectivity index is 2.19. The number of nitrogens with zero attached hydrogens (tertiary/aromatic N) is 1. The zero-order chi connectivity index (χ0) is 11.2. The first-order valence-electron chi connectivity index (χ1n) is 5.34. The van der Waals surface area contributed by atoms with Gasteiger partial charge in [-0.05, 0) is 23.9 Å². The van der Waals surface area contributed by atoms with Crippen LogP contribution >= 0.6 is 0 Å². The molecule has 0 saturated carbocycles. The minimum Gasteiger partial charge on any atom is -0.302 e. The van der Waals surface area contributed by atoms with Crippen LogP contribution in [0.1, 0.15) is 12.5 Å². The molecule has 0 atom stereocenters. The summed E-state index contributed by atoms with van der Waals surface area (Å²) in [5.41, 5.74) is 1.29. The predicted octanol–water partition coefficient (Wildman–Crippen LogP) is 2.35. The van der Waals surface area contributed by atoms with Crippen LogP contribution < -0.4 is 5.32 Å². The molecule has 1 aromatic heterocycles. The molecule has 0 aliphatic rings. The quantitative estimate of drug-likeness (QED) is 0.621. The molecule has 0 bridgehead atoms. The van der Waals surface area contributed by atoms with E-state index in [1.54, 1.807) is 0 Å². The zero-order valence-corrected chi connectivity index (χ0v) is 9.33. The van der Waals surface area contributed by atoms with Crippen molar-refractivity contribution in [2.24, 2.45) is 0 Å². The maximum atomic E-state index is 4.12. The van der Waals surface area contributed by atoms with Gasteiger partial charge in [0.15, 0.2) is 0 Å². The molecule has 0 aliphatic heterocycles. The Morgan fingerprint density at radius 3 is 3.12 bits per heavy atom. The number of aromatic nitrogens is 1. The van der Waals surface area contributed by atoms with Crippen LogP contribution in [0.5, 0.6) is 0 Å². The molecule has 2 nitrogen and oxygen atoms in total. The molecular formula is C14H14N2. The van der Waals surface area contributed by atoms with E-state index in [2.05, 4.69) is 46.4 Å². The smallest absolute Gasteiger partial charge is 0.0579 e. The monoisotopic (exact) mass is 210 g/mol. The Kier molecular flexibility index (Phi) is 3.53. The van der Waals surface area contributed by atoms with Crippen molar-refractivity contribution in [3.63, 3.8) is 0 Å². The first kappa shape index (κ1) is 10.7. The lowest BCUT2D eigenvalue weighted by atomic mass is 10.1. The summed E-state index contributed by atoms with van der Waals surface area (Å²) < 4.78 is 0. The Bertz CT molecular complexity index is 530. The van der Waals surface area contributed by atoms with Gasteiger partial charge in [-0.3, -0.25) is 4.98 Å². The summed E-state index contributed by atoms with van der Waals surface area (Å²) in [6.45, 7) is 3.43. The second-order valence-corrected chi connectivity index (χ2v) is 3.54. The number of rotatable bonds is 3. The van der Waals surface area contributed by atoms with Gasteiger partial charge in [-0.25, -0.2) is 0 Å². The minimum absolute atomic E-state index is 0.734. The van der Waals surface area contributed by atoms with Gasteiger partial charge in [0.25, 0.3) is 0 Å². The van der Waals surface area contributed by atoms with Gasteiger partial charge >= 0.3 is 0 Å². The van der Waals surface area contributed by atoms with Crippen LogP contribution in [-0.4, -0.2) is 11.5 Å². The van der Waals surface area contributed by atoms with Gasteiger partial charge in [0.2, 0.25) is 0 Å². The summed E-state index contributed by atoms with van der Waals surface area (Å²) in [4.78, 5) is 4.12. The molecule has 0 fully saturated rings. The average Bonchev–Trinajstić information content (AvgIpc) is 2.35. The molecule has 0 unspecified atom stereocenters. The number of hydrogen-bond donors (Lipinski definition) is 1. The summed E-state index contributed by atoms with van der Waals surface area (Å²) in [5, 5.41) is 5.74. The van der Waals surface area contributed by atoms with E-state index in [0.29, 0.717) is 0 Å². The first-order valence-corrected chi connectivity index (χ1v) is 5.34. The average molecular weight is 210 g/mol. The van der Waals surface area contributed by atoms with E-state index in [9.17, 15) is 0 Å². The minimum atomic E-state index is 0.734. The fourth-order valence-electron chi connectivity index (χ4n) is 1.69. The summed E-state index contributed by atoms with van der Waals surface area (Å²) in [5.74, 6) is 5.86. The second-order valence-electron chi connectivity index (χ2n) is 3.54. The van der Waals surface area contributed by atoms with Crippen molar-refractivity contribution >= 4 is 10.8 Å². The van der Waals surface area contributed by atoms with E-state index in [0.717, 1.165) is 13.1 Å². The highest BCUT2D eigenvalue weighted by atomic mass is 14.8. The van der Waals surface area contributed by atoms with Gasteiger partial charge in [-0.15, -0.1) is 5.92 Å². The van der Waals surface area contributed by atoms with E-state index in [4.69, 9.17) is 0 Å². The van der Waals surface area contributed by atoms with Gasteiger partial charge < -0.3 is 5.32 Å². The van der Waals surface area contributed by atoms with Crippen molar-refractivity contribution in [3.8, 4) is 11.8 Å². The lowest BCUT2D eigenvalue weighted by Gasteiger charge is -2.05. The standard InChI is InChI=1S/C14H14N2/c1-2-3-8-15-10-12-5-4-6-13-11-16-9-7-14(12)13/h4-7,9,11,15H,8,10H2,1H3. The van der Waals surface area contributed by atoms with Crippen molar-refractivity contribution in [2.75, 3.05) is 6.54 Å². The van der Waals surface area contributed by atoms with E-state index in [1.165, 1.54) is 16.3 Å². The molecular weight excluding hydrogens is 196 g/mol. The Hall–Kier alpha value is -1.85. The summed E-state index contributed by atoms with van der Waals surface area (Å²) in [7, 11) is 0. The maximum Gasteiger partial charge on any atom is 0.0579 e.